The molecule has 0 amide bonds. The topological polar surface area (TPSA) is 58.1 Å². The van der Waals surface area contributed by atoms with Gasteiger partial charge >= 0.3 is 5.69 Å². The van der Waals surface area contributed by atoms with Gasteiger partial charge in [-0.1, -0.05) is 43.1 Å². The number of thiophene rings is 1. The third-order valence-corrected chi connectivity index (χ3v) is 6.11. The Labute approximate surface area is 164 Å². The predicted octanol–water partition coefficient (Wildman–Crippen LogP) is 4.07. The molecule has 8 heteroatoms. The Bertz CT molecular complexity index is 1050. The summed E-state index contributed by atoms with van der Waals surface area (Å²) in [4.78, 5) is 30.9. The van der Waals surface area contributed by atoms with Crippen LogP contribution in [0, 0.1) is 0 Å². The van der Waals surface area contributed by atoms with Crippen LogP contribution in [0.5, 0.6) is 0 Å². The maximum Gasteiger partial charge on any atom is 0.329 e. The molecule has 0 saturated carbocycles. The first-order valence-corrected chi connectivity index (χ1v) is 10.0. The fourth-order valence-electron chi connectivity index (χ4n) is 2.91. The van der Waals surface area contributed by atoms with Crippen LogP contribution in [-0.2, 0) is 6.54 Å². The third-order valence-electron chi connectivity index (χ3n) is 4.48. The fourth-order valence-corrected chi connectivity index (χ4v) is 4.16. The Morgan fingerprint density at radius 1 is 1.15 bits per heavy atom. The van der Waals surface area contributed by atoms with Crippen LogP contribution < -0.4 is 11.2 Å². The van der Waals surface area contributed by atoms with Crippen molar-refractivity contribution in [3.05, 3.63) is 54.5 Å². The van der Waals surface area contributed by atoms with E-state index >= 15 is 0 Å². The predicted molar refractivity (Wildman–Crippen MR) is 110 cm³/mol. The molecular formula is C18H19Cl2N3O2S. The van der Waals surface area contributed by atoms with Crippen LogP contribution in [0.2, 0.25) is 10.0 Å². The third kappa shape index (κ3) is 3.60. The first kappa shape index (κ1) is 19.2. The zero-order valence-corrected chi connectivity index (χ0v) is 16.8. The van der Waals surface area contributed by atoms with Crippen LogP contribution in [0.25, 0.3) is 21.3 Å². The molecule has 1 N–H and O–H groups in total. The molecule has 5 nitrogen and oxygen atoms in total. The number of nitrogens with one attached hydrogen (secondary N) is 1. The molecule has 26 heavy (non-hydrogen) atoms. The number of halogens is 2. The molecule has 0 aliphatic heterocycles. The zero-order valence-electron chi connectivity index (χ0n) is 14.5. The molecule has 2 aromatic heterocycles. The standard InChI is InChI=1S/C18H19Cl2N3O2S/c1-3-22(4-2)7-8-23-17(24)15-12(10-26-16(15)21-18(23)25)11-5-6-13(19)14(20)9-11/h5-6,9-10H,3-4,7-8H2,1-2H3,(H,21,25). The van der Waals surface area contributed by atoms with Crippen LogP contribution in [0.1, 0.15) is 13.8 Å². The van der Waals surface area contributed by atoms with E-state index in [1.807, 2.05) is 11.4 Å². The molecule has 0 atom stereocenters. The Balaban J connectivity index is 2.10. The Kier molecular flexibility index (Phi) is 5.87. The number of likely N-dealkylation sites (N-methyl/N-ethyl adjacent to an activating group) is 1. The first-order chi connectivity index (χ1) is 12.5. The molecule has 138 valence electrons. The summed E-state index contributed by atoms with van der Waals surface area (Å²) in [5.74, 6) is 0. The summed E-state index contributed by atoms with van der Waals surface area (Å²) >= 11 is 13.4. The van der Waals surface area contributed by atoms with Crippen molar-refractivity contribution >= 4 is 44.8 Å². The van der Waals surface area contributed by atoms with Gasteiger partial charge in [-0.15, -0.1) is 11.3 Å². The maximum atomic E-state index is 13.0. The summed E-state index contributed by atoms with van der Waals surface area (Å²) < 4.78 is 1.27. The number of rotatable bonds is 6. The van der Waals surface area contributed by atoms with Gasteiger partial charge in [-0.2, -0.15) is 0 Å². The van der Waals surface area contributed by atoms with Gasteiger partial charge in [-0.05, 0) is 30.8 Å². The summed E-state index contributed by atoms with van der Waals surface area (Å²) in [6.45, 7) is 6.86. The van der Waals surface area contributed by atoms with Crippen molar-refractivity contribution in [3.63, 3.8) is 0 Å². The van der Waals surface area contributed by atoms with Crippen LogP contribution >= 0.6 is 34.5 Å². The van der Waals surface area contributed by atoms with E-state index in [1.54, 1.807) is 12.1 Å². The number of nitrogens with zero attached hydrogens (tertiary/aromatic N) is 2. The first-order valence-electron chi connectivity index (χ1n) is 8.38. The second-order valence-corrected chi connectivity index (χ2v) is 7.59. The summed E-state index contributed by atoms with van der Waals surface area (Å²) in [6, 6.07) is 5.25. The molecule has 2 heterocycles. The van der Waals surface area contributed by atoms with E-state index in [0.717, 1.165) is 24.2 Å². The zero-order chi connectivity index (χ0) is 18.8. The maximum absolute atomic E-state index is 13.0. The van der Waals surface area contributed by atoms with Crippen LogP contribution in [0.3, 0.4) is 0 Å². The number of aromatic nitrogens is 2. The van der Waals surface area contributed by atoms with E-state index in [1.165, 1.54) is 15.9 Å². The van der Waals surface area contributed by atoms with Gasteiger partial charge in [0, 0.05) is 24.0 Å². The number of fused-ring (bicyclic) bond motifs is 1. The molecule has 3 rings (SSSR count). The SMILES string of the molecule is CCN(CC)CCn1c(=O)[nH]c2scc(-c3ccc(Cl)c(Cl)c3)c2c1=O. The van der Waals surface area contributed by atoms with E-state index in [0.29, 0.717) is 33.4 Å². The van der Waals surface area contributed by atoms with Crippen LogP contribution in [-0.4, -0.2) is 34.1 Å². The van der Waals surface area contributed by atoms with Gasteiger partial charge in [0.2, 0.25) is 0 Å². The quantitative estimate of drug-likeness (QED) is 0.664. The monoisotopic (exact) mass is 411 g/mol. The number of aromatic amines is 1. The molecule has 0 unspecified atom stereocenters. The van der Waals surface area contributed by atoms with Gasteiger partial charge in [0.25, 0.3) is 5.56 Å². The van der Waals surface area contributed by atoms with Gasteiger partial charge < -0.3 is 4.90 Å². The van der Waals surface area contributed by atoms with Gasteiger partial charge in [-0.3, -0.25) is 14.3 Å². The molecule has 0 aliphatic rings. The van der Waals surface area contributed by atoms with Crippen molar-refractivity contribution in [1.29, 1.82) is 0 Å². The van der Waals surface area contributed by atoms with E-state index in [9.17, 15) is 9.59 Å². The highest BCUT2D eigenvalue weighted by molar-refractivity contribution is 7.17. The average molecular weight is 412 g/mol. The highest BCUT2D eigenvalue weighted by Crippen LogP contribution is 2.33. The van der Waals surface area contributed by atoms with Crippen LogP contribution in [0.15, 0.2) is 33.2 Å². The molecule has 0 aliphatic carbocycles. The molecule has 0 spiro atoms. The second-order valence-electron chi connectivity index (χ2n) is 5.90. The highest BCUT2D eigenvalue weighted by atomic mass is 35.5. The Morgan fingerprint density at radius 3 is 2.54 bits per heavy atom. The lowest BCUT2D eigenvalue weighted by atomic mass is 10.1. The van der Waals surface area contributed by atoms with Gasteiger partial charge in [0.1, 0.15) is 4.83 Å². The van der Waals surface area contributed by atoms with Crippen molar-refractivity contribution in [2.45, 2.75) is 20.4 Å². The van der Waals surface area contributed by atoms with E-state index in [2.05, 4.69) is 23.7 Å². The molecule has 0 saturated heterocycles. The second kappa shape index (κ2) is 7.96. The number of hydrogen-bond acceptors (Lipinski definition) is 4. The summed E-state index contributed by atoms with van der Waals surface area (Å²) in [7, 11) is 0. The highest BCUT2D eigenvalue weighted by Gasteiger charge is 2.16. The van der Waals surface area contributed by atoms with E-state index in [-0.39, 0.29) is 11.2 Å². The minimum Gasteiger partial charge on any atom is -0.302 e. The number of H-pyrrole nitrogens is 1. The molecule has 3 aromatic rings. The molecule has 0 bridgehead atoms. The summed E-state index contributed by atoms with van der Waals surface area (Å²) in [5, 5.41) is 3.25. The van der Waals surface area contributed by atoms with Gasteiger partial charge in [0.05, 0.1) is 15.4 Å². The van der Waals surface area contributed by atoms with Crippen molar-refractivity contribution in [3.8, 4) is 11.1 Å². The minimum absolute atomic E-state index is 0.279. The lowest BCUT2D eigenvalue weighted by molar-refractivity contribution is 0.287. The Hall–Kier alpha value is -1.60. The smallest absolute Gasteiger partial charge is 0.302 e. The normalized spacial score (nSPS) is 11.6. The van der Waals surface area contributed by atoms with E-state index in [4.69, 9.17) is 23.2 Å². The average Bonchev–Trinajstić information content (AvgIpc) is 3.04. The van der Waals surface area contributed by atoms with Crippen LogP contribution in [0.4, 0.5) is 0 Å². The van der Waals surface area contributed by atoms with Crippen molar-refractivity contribution in [2.24, 2.45) is 0 Å². The largest absolute Gasteiger partial charge is 0.329 e. The molecular weight excluding hydrogens is 393 g/mol. The molecule has 0 fully saturated rings. The summed E-state index contributed by atoms with van der Waals surface area (Å²) in [5.41, 5.74) is 0.891. The number of hydrogen-bond donors (Lipinski definition) is 1. The lowest BCUT2D eigenvalue weighted by Crippen LogP contribution is -2.39. The number of benzene rings is 1. The van der Waals surface area contributed by atoms with Gasteiger partial charge in [-0.25, -0.2) is 4.79 Å². The minimum atomic E-state index is -0.378. The fraction of sp³-hybridized carbons (Fsp3) is 0.333. The lowest BCUT2D eigenvalue weighted by Gasteiger charge is -2.18. The molecule has 1 aromatic carbocycles. The van der Waals surface area contributed by atoms with Crippen molar-refractivity contribution in [2.75, 3.05) is 19.6 Å². The summed E-state index contributed by atoms with van der Waals surface area (Å²) in [6.07, 6.45) is 0. The van der Waals surface area contributed by atoms with Gasteiger partial charge in [0.15, 0.2) is 0 Å². The van der Waals surface area contributed by atoms with Crippen molar-refractivity contribution in [1.82, 2.24) is 14.5 Å². The van der Waals surface area contributed by atoms with E-state index < -0.39 is 0 Å². The van der Waals surface area contributed by atoms with Crippen molar-refractivity contribution < 1.29 is 0 Å². The molecule has 0 radical (unpaired) electrons. The Morgan fingerprint density at radius 2 is 1.88 bits per heavy atom.